The highest BCUT2D eigenvalue weighted by atomic mass is 16.5. The van der Waals surface area contributed by atoms with Gasteiger partial charge in [0.05, 0.1) is 36.9 Å². The molecule has 1 atom stereocenters. The Kier molecular flexibility index (Phi) is 5.73. The molecule has 11 nitrogen and oxygen atoms in total. The van der Waals surface area contributed by atoms with Gasteiger partial charge in [0.25, 0.3) is 11.8 Å². The van der Waals surface area contributed by atoms with Crippen molar-refractivity contribution in [1.29, 1.82) is 0 Å². The maximum absolute atomic E-state index is 12.9. The minimum atomic E-state index is -1.06. The molecule has 2 aromatic rings. The van der Waals surface area contributed by atoms with E-state index < -0.39 is 17.9 Å². The van der Waals surface area contributed by atoms with E-state index in [1.807, 2.05) is 6.92 Å². The second-order valence-electron chi connectivity index (χ2n) is 6.30. The first-order valence-electron chi connectivity index (χ1n) is 8.93. The number of carboxylic acid groups (broad SMARTS) is 1. The van der Waals surface area contributed by atoms with Crippen molar-refractivity contribution in [2.45, 2.75) is 26.4 Å². The number of anilines is 1. The van der Waals surface area contributed by atoms with Crippen molar-refractivity contribution >= 4 is 23.5 Å². The van der Waals surface area contributed by atoms with E-state index in [-0.39, 0.29) is 11.5 Å². The van der Waals surface area contributed by atoms with Gasteiger partial charge in [-0.05, 0) is 13.8 Å². The van der Waals surface area contributed by atoms with E-state index in [1.54, 1.807) is 4.90 Å². The predicted molar refractivity (Wildman–Crippen MR) is 97.2 cm³/mol. The summed E-state index contributed by atoms with van der Waals surface area (Å²) in [6.45, 7) is 5.66. The van der Waals surface area contributed by atoms with Crippen molar-refractivity contribution in [2.75, 3.05) is 31.6 Å². The zero-order valence-electron chi connectivity index (χ0n) is 15.7. The fourth-order valence-corrected chi connectivity index (χ4v) is 2.83. The van der Waals surface area contributed by atoms with Gasteiger partial charge < -0.3 is 20.1 Å². The predicted octanol–water partition coefficient (Wildman–Crippen LogP) is 0.470. The first kappa shape index (κ1) is 19.5. The largest absolute Gasteiger partial charge is 0.480 e. The lowest BCUT2D eigenvalue weighted by atomic mass is 10.2. The summed E-state index contributed by atoms with van der Waals surface area (Å²) in [5, 5.41) is 19.8. The van der Waals surface area contributed by atoms with E-state index in [4.69, 9.17) is 9.84 Å². The zero-order chi connectivity index (χ0) is 20.3. The highest BCUT2D eigenvalue weighted by Gasteiger charge is 2.26. The van der Waals surface area contributed by atoms with Gasteiger partial charge in [0.1, 0.15) is 11.7 Å². The Morgan fingerprint density at radius 3 is 2.61 bits per heavy atom. The fourth-order valence-electron chi connectivity index (χ4n) is 2.83. The summed E-state index contributed by atoms with van der Waals surface area (Å²) in [5.74, 6) is -1.79. The molecular formula is C17H22N6O5. The Hall–Kier alpha value is -3.21. The van der Waals surface area contributed by atoms with Crippen molar-refractivity contribution in [3.8, 4) is 0 Å². The Balaban J connectivity index is 1.80. The number of carboxylic acids is 1. The standard InChI is InChI=1S/C17H22N6O5/c1-3-22-14(16(25)21-4-6-28-7-5-21)13(9-19-22)20-15(24)12-8-18-23(10-12)11(2)17(26)27/h8-11H,3-7H2,1-2H3,(H,20,24)(H,26,27). The molecule has 1 fully saturated rings. The molecule has 2 aromatic heterocycles. The number of hydrogen-bond acceptors (Lipinski definition) is 6. The van der Waals surface area contributed by atoms with Crippen LogP contribution in [0.3, 0.4) is 0 Å². The summed E-state index contributed by atoms with van der Waals surface area (Å²) in [6, 6.07) is -0.900. The Labute approximate surface area is 160 Å². The number of morpholine rings is 1. The Morgan fingerprint density at radius 1 is 1.25 bits per heavy atom. The van der Waals surface area contributed by atoms with E-state index in [0.29, 0.717) is 44.2 Å². The molecule has 1 saturated heterocycles. The number of carbonyl (C=O) groups excluding carboxylic acids is 2. The number of nitrogens with one attached hydrogen (secondary N) is 1. The molecule has 2 amide bonds. The van der Waals surface area contributed by atoms with E-state index in [2.05, 4.69) is 15.5 Å². The van der Waals surface area contributed by atoms with Gasteiger partial charge in [0.2, 0.25) is 0 Å². The number of nitrogens with zero attached hydrogens (tertiary/aromatic N) is 5. The van der Waals surface area contributed by atoms with Crippen LogP contribution in [0.1, 0.15) is 40.7 Å². The van der Waals surface area contributed by atoms with Gasteiger partial charge in [-0.1, -0.05) is 0 Å². The fraction of sp³-hybridized carbons (Fsp3) is 0.471. The summed E-state index contributed by atoms with van der Waals surface area (Å²) < 4.78 is 8.00. The van der Waals surface area contributed by atoms with Gasteiger partial charge in [0.15, 0.2) is 0 Å². The van der Waals surface area contributed by atoms with Gasteiger partial charge in [-0.25, -0.2) is 4.79 Å². The van der Waals surface area contributed by atoms with Crippen LogP contribution >= 0.6 is 0 Å². The lowest BCUT2D eigenvalue weighted by molar-refractivity contribution is -0.140. The van der Waals surface area contributed by atoms with Gasteiger partial charge in [-0.3, -0.25) is 19.0 Å². The zero-order valence-corrected chi connectivity index (χ0v) is 15.7. The molecule has 3 heterocycles. The molecule has 28 heavy (non-hydrogen) atoms. The molecule has 0 radical (unpaired) electrons. The molecule has 0 aromatic carbocycles. The molecule has 0 aliphatic carbocycles. The molecule has 0 saturated carbocycles. The lowest BCUT2D eigenvalue weighted by Crippen LogP contribution is -2.41. The highest BCUT2D eigenvalue weighted by Crippen LogP contribution is 2.19. The van der Waals surface area contributed by atoms with Crippen molar-refractivity contribution in [3.05, 3.63) is 29.8 Å². The molecule has 150 valence electrons. The first-order valence-corrected chi connectivity index (χ1v) is 8.93. The van der Waals surface area contributed by atoms with Crippen LogP contribution in [0.2, 0.25) is 0 Å². The van der Waals surface area contributed by atoms with Crippen LogP contribution in [0.25, 0.3) is 0 Å². The number of ether oxygens (including phenoxy) is 1. The molecule has 1 aliphatic rings. The molecule has 2 N–H and O–H groups in total. The summed E-state index contributed by atoms with van der Waals surface area (Å²) in [5.41, 5.74) is 0.772. The molecule has 1 unspecified atom stereocenters. The van der Waals surface area contributed by atoms with Crippen LogP contribution in [-0.2, 0) is 16.1 Å². The van der Waals surface area contributed by atoms with E-state index in [1.165, 1.54) is 34.9 Å². The van der Waals surface area contributed by atoms with Crippen LogP contribution in [0.4, 0.5) is 5.69 Å². The first-order chi connectivity index (χ1) is 13.4. The molecule has 1 aliphatic heterocycles. The SMILES string of the molecule is CCn1ncc(NC(=O)c2cnn(C(C)C(=O)O)c2)c1C(=O)N1CCOCC1. The van der Waals surface area contributed by atoms with Crippen molar-refractivity contribution in [2.24, 2.45) is 0 Å². The van der Waals surface area contributed by atoms with Crippen molar-refractivity contribution in [1.82, 2.24) is 24.5 Å². The van der Waals surface area contributed by atoms with Crippen molar-refractivity contribution < 1.29 is 24.2 Å². The molecule has 0 bridgehead atoms. The quantitative estimate of drug-likeness (QED) is 0.733. The molecule has 0 spiro atoms. The van der Waals surface area contributed by atoms with Gasteiger partial charge in [-0.2, -0.15) is 10.2 Å². The summed E-state index contributed by atoms with van der Waals surface area (Å²) in [6.07, 6.45) is 4.06. The summed E-state index contributed by atoms with van der Waals surface area (Å²) in [4.78, 5) is 38.2. The van der Waals surface area contributed by atoms with Crippen LogP contribution in [0.15, 0.2) is 18.6 Å². The number of hydrogen-bond donors (Lipinski definition) is 2. The minimum Gasteiger partial charge on any atom is -0.480 e. The number of aromatic nitrogens is 4. The second-order valence-corrected chi connectivity index (χ2v) is 6.30. The number of aryl methyl sites for hydroxylation is 1. The third-order valence-corrected chi connectivity index (χ3v) is 4.51. The number of amides is 2. The maximum atomic E-state index is 12.9. The lowest BCUT2D eigenvalue weighted by Gasteiger charge is -2.27. The number of carbonyl (C=O) groups is 3. The summed E-state index contributed by atoms with van der Waals surface area (Å²) >= 11 is 0. The average molecular weight is 390 g/mol. The van der Waals surface area contributed by atoms with Gasteiger partial charge >= 0.3 is 5.97 Å². The monoisotopic (exact) mass is 390 g/mol. The third kappa shape index (κ3) is 3.88. The van der Waals surface area contributed by atoms with E-state index in [0.717, 1.165) is 0 Å². The second kappa shape index (κ2) is 8.21. The molecule has 3 rings (SSSR count). The molecule has 11 heteroatoms. The maximum Gasteiger partial charge on any atom is 0.328 e. The van der Waals surface area contributed by atoms with Crippen molar-refractivity contribution in [3.63, 3.8) is 0 Å². The normalized spacial score (nSPS) is 15.3. The molecular weight excluding hydrogens is 368 g/mol. The Morgan fingerprint density at radius 2 is 1.96 bits per heavy atom. The smallest absolute Gasteiger partial charge is 0.328 e. The van der Waals surface area contributed by atoms with Crippen LogP contribution in [0, 0.1) is 0 Å². The van der Waals surface area contributed by atoms with Gasteiger partial charge in [0, 0.05) is 25.8 Å². The van der Waals surface area contributed by atoms with E-state index >= 15 is 0 Å². The van der Waals surface area contributed by atoms with Crippen LogP contribution < -0.4 is 5.32 Å². The highest BCUT2D eigenvalue weighted by molar-refractivity contribution is 6.08. The number of aliphatic carboxylic acids is 1. The van der Waals surface area contributed by atoms with Crippen LogP contribution in [0.5, 0.6) is 0 Å². The third-order valence-electron chi connectivity index (χ3n) is 4.51. The van der Waals surface area contributed by atoms with Crippen LogP contribution in [-0.4, -0.2) is 73.7 Å². The Bertz CT molecular complexity index is 882. The van der Waals surface area contributed by atoms with E-state index in [9.17, 15) is 14.4 Å². The number of rotatable bonds is 6. The minimum absolute atomic E-state index is 0.183. The summed E-state index contributed by atoms with van der Waals surface area (Å²) in [7, 11) is 0. The topological polar surface area (TPSA) is 132 Å². The average Bonchev–Trinajstić information content (AvgIpc) is 3.34. The van der Waals surface area contributed by atoms with Gasteiger partial charge in [-0.15, -0.1) is 0 Å².